The van der Waals surface area contributed by atoms with E-state index >= 15 is 0 Å². The van der Waals surface area contributed by atoms with Crippen molar-refractivity contribution in [3.8, 4) is 0 Å². The fraction of sp³-hybridized carbons (Fsp3) is 0.300. The van der Waals surface area contributed by atoms with Crippen molar-refractivity contribution < 1.29 is 9.90 Å². The fourth-order valence-electron chi connectivity index (χ4n) is 1.22. The zero-order valence-electron chi connectivity index (χ0n) is 7.08. The van der Waals surface area contributed by atoms with E-state index in [1.807, 2.05) is 19.1 Å². The van der Waals surface area contributed by atoms with Crippen LogP contribution in [0.2, 0.25) is 0 Å². The molecule has 2 nitrogen and oxygen atoms in total. The lowest BCUT2D eigenvalue weighted by molar-refractivity contribution is 0.0695. The summed E-state index contributed by atoms with van der Waals surface area (Å²) in [5, 5.41) is 8.79. The third-order valence-electron chi connectivity index (χ3n) is 1.77. The molecule has 13 heavy (non-hydrogen) atoms. The highest BCUT2D eigenvalue weighted by atomic mass is 24.3. The molecular formula is C10H14MgO2. The quantitative estimate of drug-likeness (QED) is 0.732. The molecule has 0 spiro atoms. The van der Waals surface area contributed by atoms with Gasteiger partial charge < -0.3 is 5.11 Å². The molecule has 0 radical (unpaired) electrons. The SMILES string of the molecule is CCCc1ccccc1C(=O)O.[MgH2]. The third-order valence-corrected chi connectivity index (χ3v) is 1.77. The largest absolute Gasteiger partial charge is 0.478 e. The van der Waals surface area contributed by atoms with Crippen molar-refractivity contribution in [2.75, 3.05) is 0 Å². The van der Waals surface area contributed by atoms with Crippen LogP contribution in [0.25, 0.3) is 0 Å². The van der Waals surface area contributed by atoms with Gasteiger partial charge in [-0.2, -0.15) is 0 Å². The molecule has 0 fully saturated rings. The first-order valence-electron chi connectivity index (χ1n) is 4.07. The minimum Gasteiger partial charge on any atom is -0.478 e. The van der Waals surface area contributed by atoms with Gasteiger partial charge >= 0.3 is 29.0 Å². The van der Waals surface area contributed by atoms with E-state index < -0.39 is 5.97 Å². The van der Waals surface area contributed by atoms with E-state index in [2.05, 4.69) is 0 Å². The van der Waals surface area contributed by atoms with Crippen molar-refractivity contribution in [2.24, 2.45) is 0 Å². The van der Waals surface area contributed by atoms with Crippen LogP contribution in [-0.4, -0.2) is 34.1 Å². The van der Waals surface area contributed by atoms with Crippen LogP contribution in [0.1, 0.15) is 29.3 Å². The first-order valence-corrected chi connectivity index (χ1v) is 4.07. The molecule has 0 heterocycles. The first kappa shape index (κ1) is 12.5. The highest BCUT2D eigenvalue weighted by molar-refractivity contribution is 5.89. The number of aromatic carboxylic acids is 1. The Morgan fingerprint density at radius 1 is 1.38 bits per heavy atom. The van der Waals surface area contributed by atoms with Crippen molar-refractivity contribution in [1.29, 1.82) is 0 Å². The highest BCUT2D eigenvalue weighted by Crippen LogP contribution is 2.10. The van der Waals surface area contributed by atoms with Crippen LogP contribution in [0, 0.1) is 0 Å². The summed E-state index contributed by atoms with van der Waals surface area (Å²) in [5.74, 6) is -0.834. The Morgan fingerprint density at radius 2 is 2.00 bits per heavy atom. The van der Waals surface area contributed by atoms with Crippen molar-refractivity contribution in [2.45, 2.75) is 19.8 Å². The van der Waals surface area contributed by atoms with Gasteiger partial charge in [0.15, 0.2) is 0 Å². The number of carboxylic acids is 1. The van der Waals surface area contributed by atoms with E-state index in [1.165, 1.54) is 0 Å². The van der Waals surface area contributed by atoms with Crippen LogP contribution in [0.4, 0.5) is 0 Å². The van der Waals surface area contributed by atoms with E-state index in [1.54, 1.807) is 12.1 Å². The molecule has 1 aromatic rings. The van der Waals surface area contributed by atoms with Gasteiger partial charge in [-0.1, -0.05) is 31.5 Å². The lowest BCUT2D eigenvalue weighted by Crippen LogP contribution is -2.01. The Labute approximate surface area is 94.1 Å². The Morgan fingerprint density at radius 3 is 2.54 bits per heavy atom. The summed E-state index contributed by atoms with van der Waals surface area (Å²) in [5.41, 5.74) is 1.35. The van der Waals surface area contributed by atoms with Crippen LogP contribution in [0.3, 0.4) is 0 Å². The number of hydrogen-bond acceptors (Lipinski definition) is 1. The van der Waals surface area contributed by atoms with Crippen LogP contribution >= 0.6 is 0 Å². The molecule has 0 aromatic heterocycles. The van der Waals surface area contributed by atoms with Gasteiger partial charge in [0.2, 0.25) is 0 Å². The summed E-state index contributed by atoms with van der Waals surface area (Å²) in [4.78, 5) is 10.7. The third kappa shape index (κ3) is 3.36. The van der Waals surface area contributed by atoms with Crippen molar-refractivity contribution in [1.82, 2.24) is 0 Å². The minimum atomic E-state index is -0.834. The number of carbonyl (C=O) groups is 1. The van der Waals surface area contributed by atoms with E-state index in [9.17, 15) is 4.79 Å². The summed E-state index contributed by atoms with van der Waals surface area (Å²) in [6, 6.07) is 7.14. The molecule has 1 N–H and O–H groups in total. The molecule has 68 valence electrons. The van der Waals surface area contributed by atoms with E-state index in [0.717, 1.165) is 18.4 Å². The second kappa shape index (κ2) is 5.99. The molecule has 1 rings (SSSR count). The van der Waals surface area contributed by atoms with Gasteiger partial charge in [-0.3, -0.25) is 0 Å². The van der Waals surface area contributed by atoms with Crippen molar-refractivity contribution >= 4 is 29.0 Å². The normalized spacial score (nSPS) is 9.00. The monoisotopic (exact) mass is 190 g/mol. The summed E-state index contributed by atoms with van der Waals surface area (Å²) >= 11 is 0. The predicted octanol–water partition coefficient (Wildman–Crippen LogP) is 1.42. The van der Waals surface area contributed by atoms with Gasteiger partial charge in [0.05, 0.1) is 5.56 Å². The molecule has 0 saturated heterocycles. The molecule has 0 aliphatic rings. The molecule has 0 atom stereocenters. The number of rotatable bonds is 3. The van der Waals surface area contributed by atoms with Crippen molar-refractivity contribution in [3.05, 3.63) is 35.4 Å². The summed E-state index contributed by atoms with van der Waals surface area (Å²) in [6.45, 7) is 2.04. The molecule has 0 unspecified atom stereocenters. The maximum absolute atomic E-state index is 10.7. The standard InChI is InChI=1S/C10H12O2.Mg.2H/c1-2-5-8-6-3-4-7-9(8)10(11)12;;;/h3-4,6-7H,2,5H2,1H3,(H,11,12);;;. The second-order valence-electron chi connectivity index (χ2n) is 2.71. The van der Waals surface area contributed by atoms with Gasteiger partial charge in [-0.25, -0.2) is 4.79 Å². The van der Waals surface area contributed by atoms with Crippen LogP contribution in [0.5, 0.6) is 0 Å². The van der Waals surface area contributed by atoms with Gasteiger partial charge in [0.25, 0.3) is 0 Å². The first-order chi connectivity index (χ1) is 5.75. The lowest BCUT2D eigenvalue weighted by Gasteiger charge is -2.02. The smallest absolute Gasteiger partial charge is 0.335 e. The Kier molecular flexibility index (Phi) is 5.74. The number of hydrogen-bond donors (Lipinski definition) is 1. The van der Waals surface area contributed by atoms with Gasteiger partial charge in [-0.05, 0) is 18.1 Å². The lowest BCUT2D eigenvalue weighted by atomic mass is 10.0. The molecule has 0 aliphatic heterocycles. The van der Waals surface area contributed by atoms with Crippen molar-refractivity contribution in [3.63, 3.8) is 0 Å². The molecule has 3 heteroatoms. The topological polar surface area (TPSA) is 37.3 Å². The zero-order valence-corrected chi connectivity index (χ0v) is 7.08. The van der Waals surface area contributed by atoms with Gasteiger partial charge in [0.1, 0.15) is 0 Å². The van der Waals surface area contributed by atoms with E-state index in [4.69, 9.17) is 5.11 Å². The van der Waals surface area contributed by atoms with E-state index in [0.29, 0.717) is 5.56 Å². The Hall–Kier alpha value is -0.544. The highest BCUT2D eigenvalue weighted by Gasteiger charge is 2.06. The Balaban J connectivity index is 0.00000144. The minimum absolute atomic E-state index is 0. The van der Waals surface area contributed by atoms with E-state index in [-0.39, 0.29) is 23.1 Å². The average Bonchev–Trinajstić information content (AvgIpc) is 2.05. The maximum atomic E-state index is 10.7. The van der Waals surface area contributed by atoms with Crippen LogP contribution in [0.15, 0.2) is 24.3 Å². The zero-order chi connectivity index (χ0) is 8.97. The molecule has 0 saturated carbocycles. The van der Waals surface area contributed by atoms with Gasteiger partial charge in [0, 0.05) is 0 Å². The fourth-order valence-corrected chi connectivity index (χ4v) is 1.22. The summed E-state index contributed by atoms with van der Waals surface area (Å²) < 4.78 is 0. The van der Waals surface area contributed by atoms with Crippen LogP contribution in [-0.2, 0) is 6.42 Å². The molecule has 0 aliphatic carbocycles. The summed E-state index contributed by atoms with van der Waals surface area (Å²) in [7, 11) is 0. The molecule has 0 amide bonds. The maximum Gasteiger partial charge on any atom is 0.335 e. The molecule has 1 aromatic carbocycles. The Bertz CT molecular complexity index is 284. The summed E-state index contributed by atoms with van der Waals surface area (Å²) in [6.07, 6.45) is 1.81. The second-order valence-corrected chi connectivity index (χ2v) is 2.71. The van der Waals surface area contributed by atoms with Gasteiger partial charge in [-0.15, -0.1) is 0 Å². The number of carboxylic acid groups (broad SMARTS) is 1. The average molecular weight is 191 g/mol. The predicted molar refractivity (Wildman–Crippen MR) is 55.9 cm³/mol. The number of aryl methyl sites for hydroxylation is 1. The molecule has 0 bridgehead atoms. The number of benzene rings is 1. The molecular weight excluding hydrogens is 176 g/mol. The van der Waals surface area contributed by atoms with Crippen LogP contribution < -0.4 is 0 Å².